The number of carbonyl (C=O) groups is 1. The lowest BCUT2D eigenvalue weighted by Gasteiger charge is -2.08. The summed E-state index contributed by atoms with van der Waals surface area (Å²) >= 11 is 1.35. The fourth-order valence-electron chi connectivity index (χ4n) is 1.42. The molecule has 0 fully saturated rings. The minimum atomic E-state index is -1.05. The van der Waals surface area contributed by atoms with Crippen LogP contribution in [0.15, 0.2) is 46.6 Å². The maximum Gasteiger partial charge on any atom is 0.354 e. The fraction of sp³-hybridized carbons (Fsp3) is 0.154. The van der Waals surface area contributed by atoms with Crippen LogP contribution >= 0.6 is 11.8 Å². The summed E-state index contributed by atoms with van der Waals surface area (Å²) in [5, 5.41) is 9.60. The van der Waals surface area contributed by atoms with Gasteiger partial charge in [-0.25, -0.2) is 14.8 Å². The van der Waals surface area contributed by atoms with E-state index >= 15 is 0 Å². The monoisotopic (exact) mass is 276 g/mol. The number of ether oxygens (including phenoxy) is 1. The summed E-state index contributed by atoms with van der Waals surface area (Å²) in [6.45, 7) is 2.45. The second-order valence-corrected chi connectivity index (χ2v) is 4.59. The molecule has 0 unspecified atom stereocenters. The quantitative estimate of drug-likeness (QED) is 0.905. The molecular weight excluding hydrogens is 264 g/mol. The Balaban J connectivity index is 2.26. The molecule has 0 aromatic carbocycles. The number of carboxylic acid groups (broad SMARTS) is 1. The molecular formula is C13H12N2O3S. The van der Waals surface area contributed by atoms with E-state index in [1.54, 1.807) is 18.3 Å². The predicted molar refractivity (Wildman–Crippen MR) is 70.7 cm³/mol. The number of aromatic nitrogens is 2. The second kappa shape index (κ2) is 6.19. The molecule has 0 aliphatic carbocycles. The summed E-state index contributed by atoms with van der Waals surface area (Å²) in [4.78, 5) is 19.6. The van der Waals surface area contributed by atoms with Crippen molar-refractivity contribution in [3.05, 3.63) is 42.4 Å². The van der Waals surface area contributed by atoms with Crippen molar-refractivity contribution in [2.24, 2.45) is 0 Å². The predicted octanol–water partition coefficient (Wildman–Crippen LogP) is 2.72. The third kappa shape index (κ3) is 3.45. The number of pyridine rings is 2. The first kappa shape index (κ1) is 13.4. The molecule has 5 nitrogen and oxygen atoms in total. The minimum absolute atomic E-state index is 0.0129. The molecule has 0 spiro atoms. The molecule has 19 heavy (non-hydrogen) atoms. The molecule has 1 N–H and O–H groups in total. The van der Waals surface area contributed by atoms with Gasteiger partial charge in [-0.1, -0.05) is 11.8 Å². The fourth-order valence-corrected chi connectivity index (χ4v) is 2.29. The molecule has 0 bridgehead atoms. The van der Waals surface area contributed by atoms with Crippen LogP contribution in [-0.2, 0) is 0 Å². The molecule has 2 aromatic rings. The number of aromatic carboxylic acids is 1. The summed E-state index contributed by atoms with van der Waals surface area (Å²) in [6, 6.07) is 6.88. The molecule has 98 valence electrons. The van der Waals surface area contributed by atoms with Gasteiger partial charge < -0.3 is 9.84 Å². The topological polar surface area (TPSA) is 72.3 Å². The second-order valence-electron chi connectivity index (χ2n) is 3.52. The van der Waals surface area contributed by atoms with Gasteiger partial charge in [0.2, 0.25) is 0 Å². The van der Waals surface area contributed by atoms with Gasteiger partial charge in [0.25, 0.3) is 0 Å². The zero-order chi connectivity index (χ0) is 13.7. The molecule has 2 aromatic heterocycles. The Morgan fingerprint density at radius 2 is 2.21 bits per heavy atom. The highest BCUT2D eigenvalue weighted by Gasteiger charge is 2.09. The summed E-state index contributed by atoms with van der Waals surface area (Å²) in [5.41, 5.74) is 0.0129. The average molecular weight is 276 g/mol. The van der Waals surface area contributed by atoms with Crippen molar-refractivity contribution in [3.63, 3.8) is 0 Å². The van der Waals surface area contributed by atoms with Crippen molar-refractivity contribution >= 4 is 17.7 Å². The van der Waals surface area contributed by atoms with Crippen molar-refractivity contribution in [1.29, 1.82) is 0 Å². The van der Waals surface area contributed by atoms with Crippen LogP contribution in [0.5, 0.6) is 5.75 Å². The van der Waals surface area contributed by atoms with Crippen molar-refractivity contribution in [2.45, 2.75) is 16.8 Å². The molecule has 0 atom stereocenters. The maximum absolute atomic E-state index is 10.9. The third-order valence-corrected chi connectivity index (χ3v) is 3.19. The van der Waals surface area contributed by atoms with Crippen LogP contribution in [0.2, 0.25) is 0 Å². The SMILES string of the molecule is CCOc1cccnc1Sc1ccnc(C(=O)O)c1. The number of nitrogens with zero attached hydrogens (tertiary/aromatic N) is 2. The Morgan fingerprint density at radius 3 is 2.95 bits per heavy atom. The van der Waals surface area contributed by atoms with Crippen molar-refractivity contribution in [1.82, 2.24) is 9.97 Å². The van der Waals surface area contributed by atoms with Gasteiger partial charge in [-0.15, -0.1) is 0 Å². The van der Waals surface area contributed by atoms with Crippen LogP contribution in [0, 0.1) is 0 Å². The minimum Gasteiger partial charge on any atom is -0.491 e. The van der Waals surface area contributed by atoms with Crippen LogP contribution in [0.25, 0.3) is 0 Å². The molecule has 0 aliphatic heterocycles. The van der Waals surface area contributed by atoms with Gasteiger partial charge in [0.1, 0.15) is 10.7 Å². The highest BCUT2D eigenvalue weighted by molar-refractivity contribution is 7.99. The number of carboxylic acids is 1. The lowest BCUT2D eigenvalue weighted by atomic mass is 10.3. The number of hydrogen-bond donors (Lipinski definition) is 1. The van der Waals surface area contributed by atoms with Crippen molar-refractivity contribution < 1.29 is 14.6 Å². The van der Waals surface area contributed by atoms with Crippen LogP contribution in [0.1, 0.15) is 17.4 Å². The zero-order valence-electron chi connectivity index (χ0n) is 10.2. The smallest absolute Gasteiger partial charge is 0.354 e. The number of rotatable bonds is 5. The first-order valence-corrected chi connectivity index (χ1v) is 6.47. The molecule has 2 heterocycles. The zero-order valence-corrected chi connectivity index (χ0v) is 11.1. The van der Waals surface area contributed by atoms with E-state index in [2.05, 4.69) is 9.97 Å². The van der Waals surface area contributed by atoms with E-state index < -0.39 is 5.97 Å². The first-order valence-electron chi connectivity index (χ1n) is 5.65. The van der Waals surface area contributed by atoms with E-state index in [4.69, 9.17) is 9.84 Å². The van der Waals surface area contributed by atoms with Crippen molar-refractivity contribution in [3.8, 4) is 5.75 Å². The highest BCUT2D eigenvalue weighted by Crippen LogP contribution is 2.32. The molecule has 0 aliphatic rings. The summed E-state index contributed by atoms with van der Waals surface area (Å²) < 4.78 is 5.47. The first-order chi connectivity index (χ1) is 9.20. The largest absolute Gasteiger partial charge is 0.491 e. The standard InChI is InChI=1S/C13H12N2O3S/c1-2-18-11-4-3-6-15-12(11)19-9-5-7-14-10(8-9)13(16)17/h3-8H,2H2,1H3,(H,16,17). The van der Waals surface area contributed by atoms with Crippen LogP contribution in [0.3, 0.4) is 0 Å². The molecule has 0 saturated heterocycles. The van der Waals surface area contributed by atoms with E-state index in [9.17, 15) is 4.79 Å². The molecule has 0 saturated carbocycles. The van der Waals surface area contributed by atoms with Crippen LogP contribution in [0.4, 0.5) is 0 Å². The van der Waals surface area contributed by atoms with E-state index in [1.165, 1.54) is 24.0 Å². The van der Waals surface area contributed by atoms with Gasteiger partial charge >= 0.3 is 5.97 Å². The Morgan fingerprint density at radius 1 is 1.37 bits per heavy atom. The highest BCUT2D eigenvalue weighted by atomic mass is 32.2. The Labute approximate surface area is 114 Å². The maximum atomic E-state index is 10.9. The average Bonchev–Trinajstić information content (AvgIpc) is 2.41. The lowest BCUT2D eigenvalue weighted by Crippen LogP contribution is -1.99. The van der Waals surface area contributed by atoms with E-state index in [0.29, 0.717) is 17.4 Å². The Kier molecular flexibility index (Phi) is 4.35. The summed E-state index contributed by atoms with van der Waals surface area (Å²) in [7, 11) is 0. The van der Waals surface area contributed by atoms with Crippen LogP contribution < -0.4 is 4.74 Å². The summed E-state index contributed by atoms with van der Waals surface area (Å²) in [5.74, 6) is -0.364. The van der Waals surface area contributed by atoms with Gasteiger partial charge in [0.15, 0.2) is 5.75 Å². The third-order valence-electron chi connectivity index (χ3n) is 2.20. The lowest BCUT2D eigenvalue weighted by molar-refractivity contribution is 0.0690. The Bertz CT molecular complexity index is 590. The van der Waals surface area contributed by atoms with Crippen molar-refractivity contribution in [2.75, 3.05) is 6.61 Å². The van der Waals surface area contributed by atoms with Gasteiger partial charge in [-0.05, 0) is 31.2 Å². The number of hydrogen-bond acceptors (Lipinski definition) is 5. The Hall–Kier alpha value is -2.08. The molecule has 0 amide bonds. The van der Waals surface area contributed by atoms with Crippen LogP contribution in [-0.4, -0.2) is 27.7 Å². The molecule has 0 radical (unpaired) electrons. The van der Waals surface area contributed by atoms with Gasteiger partial charge in [-0.3, -0.25) is 0 Å². The van der Waals surface area contributed by atoms with E-state index in [-0.39, 0.29) is 5.69 Å². The van der Waals surface area contributed by atoms with Gasteiger partial charge in [0, 0.05) is 17.3 Å². The summed E-state index contributed by atoms with van der Waals surface area (Å²) in [6.07, 6.45) is 3.14. The molecule has 2 rings (SSSR count). The molecule has 6 heteroatoms. The van der Waals surface area contributed by atoms with E-state index in [1.807, 2.05) is 13.0 Å². The normalized spacial score (nSPS) is 10.2. The van der Waals surface area contributed by atoms with Gasteiger partial charge in [-0.2, -0.15) is 0 Å². The van der Waals surface area contributed by atoms with Gasteiger partial charge in [0.05, 0.1) is 6.61 Å². The van der Waals surface area contributed by atoms with E-state index in [0.717, 1.165) is 4.90 Å².